The van der Waals surface area contributed by atoms with Crippen molar-refractivity contribution < 1.29 is 9.59 Å². The first-order valence-corrected chi connectivity index (χ1v) is 13.3. The van der Waals surface area contributed by atoms with Gasteiger partial charge in [0.05, 0.1) is 5.75 Å². The van der Waals surface area contributed by atoms with Crippen LogP contribution in [0.25, 0.3) is 0 Å². The van der Waals surface area contributed by atoms with Gasteiger partial charge in [-0.05, 0) is 41.0 Å². The fourth-order valence-electron chi connectivity index (χ4n) is 3.64. The molecule has 1 fully saturated rings. The predicted octanol–water partition coefficient (Wildman–Crippen LogP) is 5.78. The van der Waals surface area contributed by atoms with Crippen LogP contribution in [0.5, 0.6) is 0 Å². The molecule has 2 amide bonds. The summed E-state index contributed by atoms with van der Waals surface area (Å²) >= 11 is 9.40. The van der Waals surface area contributed by atoms with Gasteiger partial charge in [0, 0.05) is 35.2 Å². The highest BCUT2D eigenvalue weighted by molar-refractivity contribution is 8.00. The molecule has 1 heterocycles. The number of carbonyl (C=O) groups excluding carboxylic acids is 2. The van der Waals surface area contributed by atoms with E-state index in [1.54, 1.807) is 23.5 Å². The van der Waals surface area contributed by atoms with Gasteiger partial charge in [-0.25, -0.2) is 0 Å². The molecule has 1 atom stereocenters. The number of halogens is 1. The lowest BCUT2D eigenvalue weighted by Crippen LogP contribution is -2.28. The average Bonchev–Trinajstić information content (AvgIpc) is 3.19. The number of hydrogen-bond acceptors (Lipinski definition) is 4. The Hall–Kier alpha value is -2.41. The van der Waals surface area contributed by atoms with Gasteiger partial charge in [-0.3, -0.25) is 9.59 Å². The molecule has 1 aliphatic heterocycles. The Morgan fingerprint density at radius 2 is 1.79 bits per heavy atom. The Kier molecular flexibility index (Phi) is 8.37. The molecule has 3 aromatic carbocycles. The molecule has 0 aromatic heterocycles. The van der Waals surface area contributed by atoms with Crippen molar-refractivity contribution in [1.29, 1.82) is 0 Å². The molecule has 33 heavy (non-hydrogen) atoms. The van der Waals surface area contributed by atoms with E-state index in [2.05, 4.69) is 11.4 Å². The van der Waals surface area contributed by atoms with E-state index in [0.29, 0.717) is 24.4 Å². The van der Waals surface area contributed by atoms with Crippen molar-refractivity contribution in [2.75, 3.05) is 18.1 Å². The summed E-state index contributed by atoms with van der Waals surface area (Å²) in [4.78, 5) is 26.9. The van der Waals surface area contributed by atoms with E-state index in [1.807, 2.05) is 77.7 Å². The minimum absolute atomic E-state index is 0.0299. The van der Waals surface area contributed by atoms with Crippen molar-refractivity contribution in [3.8, 4) is 0 Å². The molecule has 1 N–H and O–H groups in total. The maximum atomic E-state index is 12.5. The summed E-state index contributed by atoms with van der Waals surface area (Å²) in [5, 5.41) is 3.69. The smallest absolute Gasteiger partial charge is 0.251 e. The lowest BCUT2D eigenvalue weighted by molar-refractivity contribution is -0.128. The summed E-state index contributed by atoms with van der Waals surface area (Å²) in [7, 11) is 0. The second-order valence-corrected chi connectivity index (χ2v) is 10.3. The largest absolute Gasteiger partial charge is 0.351 e. The summed E-state index contributed by atoms with van der Waals surface area (Å²) < 4.78 is 0. The molecule has 0 bridgehead atoms. The molecule has 4 rings (SSSR count). The number of amides is 2. The van der Waals surface area contributed by atoms with Crippen LogP contribution < -0.4 is 5.32 Å². The fraction of sp³-hybridized carbons (Fsp3) is 0.231. The van der Waals surface area contributed by atoms with Gasteiger partial charge in [-0.2, -0.15) is 11.8 Å². The van der Waals surface area contributed by atoms with Crippen LogP contribution in [0.2, 0.25) is 5.02 Å². The number of hydrogen-bond donors (Lipinski definition) is 1. The Morgan fingerprint density at radius 3 is 2.55 bits per heavy atom. The molecule has 0 unspecified atom stereocenters. The van der Waals surface area contributed by atoms with Crippen LogP contribution in [0, 0.1) is 0 Å². The third-order valence-corrected chi connectivity index (χ3v) is 7.83. The standard InChI is InChI=1S/C26H25ClN2O2S2/c27-23-8-4-7-20(15-23)17-32-14-13-28-25(31)21-9-11-22(12-10-21)26-29(24(30)18-33-26)16-19-5-2-1-3-6-19/h1-12,15,26H,13-14,16-18H2,(H,28,31)/t26-/m1/s1. The molecule has 1 saturated heterocycles. The highest BCUT2D eigenvalue weighted by Gasteiger charge is 2.32. The van der Waals surface area contributed by atoms with Gasteiger partial charge in [-0.15, -0.1) is 11.8 Å². The summed E-state index contributed by atoms with van der Waals surface area (Å²) in [6.45, 7) is 1.19. The Balaban J connectivity index is 1.27. The highest BCUT2D eigenvalue weighted by atomic mass is 35.5. The highest BCUT2D eigenvalue weighted by Crippen LogP contribution is 2.39. The van der Waals surface area contributed by atoms with E-state index in [1.165, 1.54) is 5.56 Å². The molecule has 7 heteroatoms. The van der Waals surface area contributed by atoms with Crippen molar-refractivity contribution in [3.05, 3.63) is 106 Å². The summed E-state index contributed by atoms with van der Waals surface area (Å²) in [5.41, 5.74) is 3.96. The molecule has 0 radical (unpaired) electrons. The van der Waals surface area contributed by atoms with Crippen molar-refractivity contribution in [3.63, 3.8) is 0 Å². The predicted molar refractivity (Wildman–Crippen MR) is 139 cm³/mol. The zero-order valence-electron chi connectivity index (χ0n) is 18.1. The van der Waals surface area contributed by atoms with Crippen LogP contribution in [0.15, 0.2) is 78.9 Å². The molecule has 1 aliphatic rings. The fourth-order valence-corrected chi connectivity index (χ4v) is 5.84. The summed E-state index contributed by atoms with van der Waals surface area (Å²) in [5.74, 6) is 2.23. The lowest BCUT2D eigenvalue weighted by Gasteiger charge is -2.24. The molecule has 170 valence electrons. The van der Waals surface area contributed by atoms with Crippen molar-refractivity contribution in [2.45, 2.75) is 17.7 Å². The maximum absolute atomic E-state index is 12.5. The van der Waals surface area contributed by atoms with E-state index in [4.69, 9.17) is 11.6 Å². The zero-order valence-corrected chi connectivity index (χ0v) is 20.5. The number of thioether (sulfide) groups is 2. The van der Waals surface area contributed by atoms with E-state index in [-0.39, 0.29) is 17.2 Å². The van der Waals surface area contributed by atoms with Crippen LogP contribution in [0.1, 0.15) is 32.4 Å². The minimum atomic E-state index is -0.0822. The minimum Gasteiger partial charge on any atom is -0.351 e. The Labute approximate surface area is 208 Å². The third-order valence-electron chi connectivity index (χ3n) is 5.31. The van der Waals surface area contributed by atoms with Crippen LogP contribution in [-0.4, -0.2) is 34.8 Å². The molecule has 0 saturated carbocycles. The number of rotatable bonds is 9. The first kappa shape index (κ1) is 23.7. The van der Waals surface area contributed by atoms with Gasteiger partial charge < -0.3 is 10.2 Å². The average molecular weight is 497 g/mol. The van der Waals surface area contributed by atoms with Gasteiger partial charge in [0.2, 0.25) is 5.91 Å². The van der Waals surface area contributed by atoms with Crippen molar-refractivity contribution in [2.24, 2.45) is 0 Å². The Morgan fingerprint density at radius 1 is 1.03 bits per heavy atom. The number of nitrogens with one attached hydrogen (secondary N) is 1. The topological polar surface area (TPSA) is 49.4 Å². The van der Waals surface area contributed by atoms with Crippen LogP contribution in [0.4, 0.5) is 0 Å². The van der Waals surface area contributed by atoms with Crippen LogP contribution >= 0.6 is 35.1 Å². The molecule has 4 nitrogen and oxygen atoms in total. The molecule has 0 aliphatic carbocycles. The van der Waals surface area contributed by atoms with Crippen molar-refractivity contribution >= 4 is 46.9 Å². The third kappa shape index (κ3) is 6.56. The zero-order chi connectivity index (χ0) is 23.0. The normalized spacial score (nSPS) is 15.6. The molecule has 0 spiro atoms. The number of carbonyl (C=O) groups is 2. The van der Waals surface area contributed by atoms with Crippen LogP contribution in [0.3, 0.4) is 0 Å². The van der Waals surface area contributed by atoms with Crippen molar-refractivity contribution in [1.82, 2.24) is 10.2 Å². The van der Waals surface area contributed by atoms with Crippen LogP contribution in [-0.2, 0) is 17.1 Å². The number of benzene rings is 3. The van der Waals surface area contributed by atoms with Gasteiger partial charge >= 0.3 is 0 Å². The first-order chi connectivity index (χ1) is 16.1. The number of nitrogens with zero attached hydrogens (tertiary/aromatic N) is 1. The molecular weight excluding hydrogens is 472 g/mol. The van der Waals surface area contributed by atoms with E-state index in [9.17, 15) is 9.59 Å². The van der Waals surface area contributed by atoms with Gasteiger partial charge in [0.1, 0.15) is 5.37 Å². The van der Waals surface area contributed by atoms with E-state index < -0.39 is 0 Å². The monoisotopic (exact) mass is 496 g/mol. The second-order valence-electron chi connectivity index (χ2n) is 7.73. The first-order valence-electron chi connectivity index (χ1n) is 10.8. The van der Waals surface area contributed by atoms with E-state index in [0.717, 1.165) is 27.7 Å². The van der Waals surface area contributed by atoms with Gasteiger partial charge in [0.15, 0.2) is 0 Å². The molecule has 3 aromatic rings. The SMILES string of the molecule is O=C(NCCSCc1cccc(Cl)c1)c1ccc([C@H]2SCC(=O)N2Cc2ccccc2)cc1. The van der Waals surface area contributed by atoms with E-state index >= 15 is 0 Å². The van der Waals surface area contributed by atoms with Gasteiger partial charge in [0.25, 0.3) is 5.91 Å². The van der Waals surface area contributed by atoms with Gasteiger partial charge in [-0.1, -0.05) is 66.2 Å². The maximum Gasteiger partial charge on any atom is 0.251 e. The quantitative estimate of drug-likeness (QED) is 0.382. The summed E-state index contributed by atoms with van der Waals surface area (Å²) in [6.07, 6.45) is 0. The lowest BCUT2D eigenvalue weighted by atomic mass is 10.1. The second kappa shape index (κ2) is 11.6. The Bertz CT molecular complexity index is 1090. The summed E-state index contributed by atoms with van der Waals surface area (Å²) in [6, 6.07) is 25.4. The molecular formula is C26H25ClN2O2S2.